The fraction of sp³-hybridized carbons (Fsp3) is 1.00. The largest absolute Gasteiger partial charge is 0.396 e. The van der Waals surface area contributed by atoms with Crippen molar-refractivity contribution in [2.45, 2.75) is 12.5 Å². The van der Waals surface area contributed by atoms with Crippen molar-refractivity contribution in [3.05, 3.63) is 0 Å². The summed E-state index contributed by atoms with van der Waals surface area (Å²) in [5.74, 6) is 0.209. The third-order valence-corrected chi connectivity index (χ3v) is 0.997. The molecular weight excluding hydrogens is 115 g/mol. The molecule has 0 spiro atoms. The van der Waals surface area contributed by atoms with Crippen molar-refractivity contribution in [3.63, 3.8) is 0 Å². The predicted octanol–water partition coefficient (Wildman–Crippen LogP) is -0.0315. The average Bonchev–Trinajstić information content (AvgIpc) is 1.68. The molecule has 0 amide bonds. The summed E-state index contributed by atoms with van der Waals surface area (Å²) in [6.45, 7) is 0.00782. The normalized spacial score (nSPS) is 14.1. The van der Waals surface area contributed by atoms with Gasteiger partial charge in [-0.1, -0.05) is 0 Å². The summed E-state index contributed by atoms with van der Waals surface area (Å²) in [6.07, 6.45) is -0.157. The van der Waals surface area contributed by atoms with E-state index >= 15 is 0 Å². The van der Waals surface area contributed by atoms with Crippen LogP contribution in [-0.2, 0) is 0 Å². The van der Waals surface area contributed by atoms with E-state index in [1.807, 2.05) is 0 Å². The summed E-state index contributed by atoms with van der Waals surface area (Å²) in [4.78, 5) is 0. The summed E-state index contributed by atoms with van der Waals surface area (Å²) in [5.41, 5.74) is 0. The zero-order valence-electron chi connectivity index (χ0n) is 3.97. The lowest BCUT2D eigenvalue weighted by atomic mass is 10.3. The fourth-order valence-corrected chi connectivity index (χ4v) is 0.380. The van der Waals surface area contributed by atoms with E-state index in [0.29, 0.717) is 6.42 Å². The van der Waals surface area contributed by atoms with E-state index in [-0.39, 0.29) is 12.5 Å². The molecule has 0 saturated heterocycles. The van der Waals surface area contributed by atoms with Crippen LogP contribution in [0.25, 0.3) is 0 Å². The maximum atomic E-state index is 8.57. The molecule has 1 unspecified atom stereocenters. The first-order chi connectivity index (χ1) is 3.31. The Hall–Kier alpha value is 0.210. The Labute approximate surface area is 47.7 Å². The van der Waals surface area contributed by atoms with Gasteiger partial charge in [0.25, 0.3) is 0 Å². The maximum absolute atomic E-state index is 8.57. The summed E-state index contributed by atoms with van der Waals surface area (Å²) >= 11 is 5.17. The first-order valence-electron chi connectivity index (χ1n) is 2.16. The van der Waals surface area contributed by atoms with Crippen molar-refractivity contribution in [2.75, 3.05) is 12.5 Å². The van der Waals surface area contributed by atoms with Crippen molar-refractivity contribution in [2.24, 2.45) is 0 Å². The van der Waals surface area contributed by atoms with Crippen LogP contribution in [0, 0.1) is 0 Å². The second kappa shape index (κ2) is 4.37. The van der Waals surface area contributed by atoms with Crippen LogP contribution in [0.2, 0.25) is 0 Å². The van der Waals surface area contributed by atoms with E-state index in [4.69, 9.17) is 21.8 Å². The quantitative estimate of drug-likeness (QED) is 0.519. The molecule has 44 valence electrons. The molecule has 0 rings (SSSR count). The molecule has 2 N–H and O–H groups in total. The average molecular weight is 125 g/mol. The highest BCUT2D eigenvalue weighted by Crippen LogP contribution is 1.90. The first-order valence-corrected chi connectivity index (χ1v) is 2.69. The highest BCUT2D eigenvalue weighted by Gasteiger charge is 1.97. The van der Waals surface area contributed by atoms with E-state index < -0.39 is 6.10 Å². The lowest BCUT2D eigenvalue weighted by Crippen LogP contribution is -2.09. The van der Waals surface area contributed by atoms with Crippen molar-refractivity contribution >= 4 is 11.6 Å². The lowest BCUT2D eigenvalue weighted by molar-refractivity contribution is 0.151. The maximum Gasteiger partial charge on any atom is 0.0697 e. The minimum atomic E-state index is -0.535. The lowest BCUT2D eigenvalue weighted by Gasteiger charge is -1.99. The standard InChI is InChI=1S/C4H9ClO2/c5-3-4(7)1-2-6/h4,6-7H,1-3H2. The molecule has 0 aromatic carbocycles. The number of hydrogen-bond donors (Lipinski definition) is 2. The zero-order valence-corrected chi connectivity index (χ0v) is 4.73. The van der Waals surface area contributed by atoms with Gasteiger partial charge in [0, 0.05) is 12.5 Å². The van der Waals surface area contributed by atoms with Crippen LogP contribution in [0.3, 0.4) is 0 Å². The molecular formula is C4H9ClO2. The van der Waals surface area contributed by atoms with Crippen LogP contribution in [0.4, 0.5) is 0 Å². The van der Waals surface area contributed by atoms with E-state index in [1.165, 1.54) is 0 Å². The minimum Gasteiger partial charge on any atom is -0.396 e. The van der Waals surface area contributed by atoms with Gasteiger partial charge >= 0.3 is 0 Å². The fourth-order valence-electron chi connectivity index (χ4n) is 0.226. The number of rotatable bonds is 3. The smallest absolute Gasteiger partial charge is 0.0697 e. The Morgan fingerprint density at radius 2 is 2.14 bits per heavy atom. The third kappa shape index (κ3) is 4.05. The van der Waals surface area contributed by atoms with Gasteiger partial charge in [-0.15, -0.1) is 11.6 Å². The minimum absolute atomic E-state index is 0.00782. The number of aliphatic hydroxyl groups is 2. The number of hydrogen-bond acceptors (Lipinski definition) is 2. The van der Waals surface area contributed by atoms with Gasteiger partial charge in [0.05, 0.1) is 6.10 Å². The van der Waals surface area contributed by atoms with Crippen LogP contribution < -0.4 is 0 Å². The van der Waals surface area contributed by atoms with Crippen LogP contribution in [-0.4, -0.2) is 28.8 Å². The van der Waals surface area contributed by atoms with Gasteiger partial charge in [-0.2, -0.15) is 0 Å². The second-order valence-electron chi connectivity index (χ2n) is 1.32. The van der Waals surface area contributed by atoms with E-state index in [0.717, 1.165) is 0 Å². The highest BCUT2D eigenvalue weighted by atomic mass is 35.5. The summed E-state index contributed by atoms with van der Waals surface area (Å²) in [5, 5.41) is 16.7. The van der Waals surface area contributed by atoms with Gasteiger partial charge in [0.15, 0.2) is 0 Å². The highest BCUT2D eigenvalue weighted by molar-refractivity contribution is 6.18. The molecule has 7 heavy (non-hydrogen) atoms. The van der Waals surface area contributed by atoms with Crippen LogP contribution in [0.5, 0.6) is 0 Å². The molecule has 0 aromatic heterocycles. The van der Waals surface area contributed by atoms with E-state index in [2.05, 4.69) is 0 Å². The number of aliphatic hydroxyl groups excluding tert-OH is 2. The van der Waals surface area contributed by atoms with Gasteiger partial charge in [-0.05, 0) is 6.42 Å². The van der Waals surface area contributed by atoms with Crippen molar-refractivity contribution in [1.29, 1.82) is 0 Å². The Bertz CT molecular complexity index is 40.7. The molecule has 2 nitrogen and oxygen atoms in total. The number of halogens is 1. The Morgan fingerprint density at radius 1 is 1.57 bits per heavy atom. The number of alkyl halides is 1. The Balaban J connectivity index is 2.83. The second-order valence-corrected chi connectivity index (χ2v) is 1.63. The van der Waals surface area contributed by atoms with Crippen LogP contribution in [0.15, 0.2) is 0 Å². The molecule has 0 radical (unpaired) electrons. The molecule has 0 aliphatic rings. The summed E-state index contributed by atoms with van der Waals surface area (Å²) < 4.78 is 0. The predicted molar refractivity (Wildman–Crippen MR) is 28.4 cm³/mol. The van der Waals surface area contributed by atoms with Gasteiger partial charge < -0.3 is 10.2 Å². The Kier molecular flexibility index (Phi) is 4.50. The van der Waals surface area contributed by atoms with E-state index in [9.17, 15) is 0 Å². The molecule has 1 atom stereocenters. The molecule has 0 fully saturated rings. The van der Waals surface area contributed by atoms with Gasteiger partial charge in [-0.25, -0.2) is 0 Å². The van der Waals surface area contributed by atoms with Crippen molar-refractivity contribution in [3.8, 4) is 0 Å². The van der Waals surface area contributed by atoms with Crippen LogP contribution >= 0.6 is 11.6 Å². The van der Waals surface area contributed by atoms with E-state index in [1.54, 1.807) is 0 Å². The molecule has 3 heteroatoms. The zero-order chi connectivity index (χ0) is 5.70. The first kappa shape index (κ1) is 7.21. The van der Waals surface area contributed by atoms with Crippen molar-refractivity contribution < 1.29 is 10.2 Å². The Morgan fingerprint density at radius 3 is 2.29 bits per heavy atom. The summed E-state index contributed by atoms with van der Waals surface area (Å²) in [6, 6.07) is 0. The molecule has 0 aliphatic heterocycles. The molecule has 0 aromatic rings. The van der Waals surface area contributed by atoms with Crippen LogP contribution in [0.1, 0.15) is 6.42 Å². The third-order valence-electron chi connectivity index (χ3n) is 0.640. The summed E-state index contributed by atoms with van der Waals surface area (Å²) in [7, 11) is 0. The molecule has 0 bridgehead atoms. The molecule has 0 saturated carbocycles. The topological polar surface area (TPSA) is 40.5 Å². The monoisotopic (exact) mass is 124 g/mol. The van der Waals surface area contributed by atoms with Gasteiger partial charge in [0.2, 0.25) is 0 Å². The molecule has 0 heterocycles. The van der Waals surface area contributed by atoms with Crippen molar-refractivity contribution in [1.82, 2.24) is 0 Å². The molecule has 0 aliphatic carbocycles. The van der Waals surface area contributed by atoms with Gasteiger partial charge in [-0.3, -0.25) is 0 Å². The van der Waals surface area contributed by atoms with Gasteiger partial charge in [0.1, 0.15) is 0 Å². The SMILES string of the molecule is OCCC(O)CCl.